The van der Waals surface area contributed by atoms with Crippen LogP contribution < -0.4 is 19.3 Å². The first-order valence-electron chi connectivity index (χ1n) is 16.8. The average Bonchev–Trinajstić information content (AvgIpc) is 3.49. The third-order valence-corrected chi connectivity index (χ3v) is 9.64. The van der Waals surface area contributed by atoms with Crippen molar-refractivity contribution in [3.8, 4) is 17.8 Å². The molecule has 252 valence electrons. The Labute approximate surface area is 282 Å². The fourth-order valence-electron chi connectivity index (χ4n) is 6.86. The van der Waals surface area contributed by atoms with Crippen LogP contribution in [0.4, 0.5) is 11.5 Å². The Morgan fingerprint density at radius 1 is 1.08 bits per heavy atom. The number of fused-ring (bicyclic) bond motifs is 2. The molecule has 0 radical (unpaired) electrons. The molecule has 6 rings (SSSR count). The maximum Gasteiger partial charge on any atom is 0.318 e. The fourth-order valence-corrected chi connectivity index (χ4v) is 6.86. The van der Waals surface area contributed by atoms with E-state index in [2.05, 4.69) is 40.5 Å². The third kappa shape index (κ3) is 6.95. The number of benzene rings is 2. The van der Waals surface area contributed by atoms with Crippen molar-refractivity contribution >= 4 is 34.2 Å². The van der Waals surface area contributed by atoms with Gasteiger partial charge in [-0.3, -0.25) is 9.59 Å². The van der Waals surface area contributed by atoms with E-state index < -0.39 is 5.41 Å². The lowest BCUT2D eigenvalue weighted by molar-refractivity contribution is -0.143. The standard InChI is InChI=1S/C37H45N7O4/c1-6-33(45)44-19-18-43(22-26(44)13-15-38)34-30-14-17-42(23-31(30)39-36(40-34)47-24-27-11-9-16-41(27)5)32-21-28(48-35(46)37(2,3)4)20-25-10-7-8-12-29(25)32/h6-8,10,12,20-21,26-27H,1,9,11,13-14,16-19,22-24H2,2-5H3/t26-,27-/m0/s1. The summed E-state index contributed by atoms with van der Waals surface area (Å²) in [4.78, 5) is 43.9. The van der Waals surface area contributed by atoms with Gasteiger partial charge in [-0.2, -0.15) is 15.2 Å². The normalized spacial score (nSPS) is 19.9. The number of likely N-dealkylation sites (N-methyl/N-ethyl adjacent to an activating group) is 1. The predicted molar refractivity (Wildman–Crippen MR) is 185 cm³/mol. The molecule has 1 amide bonds. The minimum absolute atomic E-state index is 0.164. The van der Waals surface area contributed by atoms with Crippen molar-refractivity contribution in [1.82, 2.24) is 19.8 Å². The highest BCUT2D eigenvalue weighted by Crippen LogP contribution is 2.37. The second-order valence-corrected chi connectivity index (χ2v) is 14.0. The monoisotopic (exact) mass is 651 g/mol. The van der Waals surface area contributed by atoms with Gasteiger partial charge in [0, 0.05) is 54.9 Å². The number of nitriles is 1. The number of aromatic nitrogens is 2. The van der Waals surface area contributed by atoms with Gasteiger partial charge in [-0.15, -0.1) is 0 Å². The number of esters is 1. The molecule has 0 saturated carbocycles. The van der Waals surface area contributed by atoms with E-state index in [0.29, 0.717) is 63.6 Å². The molecular weight excluding hydrogens is 606 g/mol. The number of piperazine rings is 1. The summed E-state index contributed by atoms with van der Waals surface area (Å²) in [7, 11) is 2.12. The van der Waals surface area contributed by atoms with Gasteiger partial charge in [0.25, 0.3) is 0 Å². The van der Waals surface area contributed by atoms with Gasteiger partial charge in [0.1, 0.15) is 18.2 Å². The molecule has 2 atom stereocenters. The maximum absolute atomic E-state index is 12.8. The molecule has 0 bridgehead atoms. The van der Waals surface area contributed by atoms with Crippen LogP contribution in [0.1, 0.15) is 51.3 Å². The van der Waals surface area contributed by atoms with E-state index in [9.17, 15) is 14.9 Å². The highest BCUT2D eigenvalue weighted by Gasteiger charge is 2.34. The van der Waals surface area contributed by atoms with Crippen molar-refractivity contribution in [3.05, 3.63) is 60.3 Å². The lowest BCUT2D eigenvalue weighted by Crippen LogP contribution is -2.55. The van der Waals surface area contributed by atoms with E-state index in [1.54, 1.807) is 4.90 Å². The molecule has 2 aromatic carbocycles. The summed E-state index contributed by atoms with van der Waals surface area (Å²) < 4.78 is 12.2. The average molecular weight is 652 g/mol. The number of anilines is 2. The smallest absolute Gasteiger partial charge is 0.318 e. The SMILES string of the molecule is C=CC(=O)N1CCN(c2nc(OC[C@@H]3CCCN3C)nc3c2CCN(c2cc(OC(=O)C(C)(C)C)cc4ccccc24)C3)C[C@@H]1CC#N. The summed E-state index contributed by atoms with van der Waals surface area (Å²) in [6.45, 7) is 13.5. The molecule has 11 heteroatoms. The zero-order valence-corrected chi connectivity index (χ0v) is 28.4. The van der Waals surface area contributed by atoms with Crippen LogP contribution in [0.15, 0.2) is 49.1 Å². The summed E-state index contributed by atoms with van der Waals surface area (Å²) in [6.07, 6.45) is 4.43. The van der Waals surface area contributed by atoms with Crippen molar-refractivity contribution in [2.45, 2.75) is 65.1 Å². The summed E-state index contributed by atoms with van der Waals surface area (Å²) >= 11 is 0. The number of likely N-dealkylation sites (tertiary alicyclic amines) is 1. The molecule has 48 heavy (non-hydrogen) atoms. The van der Waals surface area contributed by atoms with E-state index in [-0.39, 0.29) is 24.3 Å². The molecule has 0 N–H and O–H groups in total. The van der Waals surface area contributed by atoms with E-state index in [1.165, 1.54) is 6.08 Å². The van der Waals surface area contributed by atoms with Gasteiger partial charge in [-0.25, -0.2) is 0 Å². The number of ether oxygens (including phenoxy) is 2. The Balaban J connectivity index is 1.35. The van der Waals surface area contributed by atoms with E-state index in [4.69, 9.17) is 19.4 Å². The molecule has 4 heterocycles. The maximum atomic E-state index is 12.8. The molecule has 2 saturated heterocycles. The largest absolute Gasteiger partial charge is 0.462 e. The van der Waals surface area contributed by atoms with Gasteiger partial charge >= 0.3 is 12.0 Å². The molecule has 0 spiro atoms. The highest BCUT2D eigenvalue weighted by molar-refractivity contribution is 5.96. The minimum atomic E-state index is -0.635. The number of carbonyl (C=O) groups is 2. The van der Waals surface area contributed by atoms with Crippen LogP contribution >= 0.6 is 0 Å². The summed E-state index contributed by atoms with van der Waals surface area (Å²) in [5.41, 5.74) is 2.26. The van der Waals surface area contributed by atoms with E-state index in [1.807, 2.05) is 51.1 Å². The molecule has 11 nitrogen and oxygen atoms in total. The van der Waals surface area contributed by atoms with Crippen LogP contribution in [0.25, 0.3) is 10.8 Å². The Morgan fingerprint density at radius 2 is 1.90 bits per heavy atom. The van der Waals surface area contributed by atoms with E-state index in [0.717, 1.165) is 52.9 Å². The van der Waals surface area contributed by atoms with Crippen LogP contribution in [-0.4, -0.2) is 90.1 Å². The number of hydrogen-bond donors (Lipinski definition) is 0. The second-order valence-electron chi connectivity index (χ2n) is 14.0. The lowest BCUT2D eigenvalue weighted by Gasteiger charge is -2.42. The molecule has 3 aromatic rings. The summed E-state index contributed by atoms with van der Waals surface area (Å²) in [5.74, 6) is 0.866. The molecular formula is C37H45N7O4. The summed E-state index contributed by atoms with van der Waals surface area (Å²) in [6, 6.07) is 14.6. The Hall–Kier alpha value is -4.69. The summed E-state index contributed by atoms with van der Waals surface area (Å²) in [5, 5.41) is 11.6. The van der Waals surface area contributed by atoms with Gasteiger partial charge in [0.05, 0.1) is 36.2 Å². The molecule has 1 aromatic heterocycles. The number of rotatable bonds is 8. The third-order valence-electron chi connectivity index (χ3n) is 9.64. The van der Waals surface area contributed by atoms with Gasteiger partial charge in [0.2, 0.25) is 5.91 Å². The van der Waals surface area contributed by atoms with Crippen LogP contribution in [-0.2, 0) is 22.6 Å². The molecule has 2 fully saturated rings. The van der Waals surface area contributed by atoms with Gasteiger partial charge in [-0.05, 0) is 71.2 Å². The number of amides is 1. The van der Waals surface area contributed by atoms with Crippen LogP contribution in [0.2, 0.25) is 0 Å². The predicted octanol–water partition coefficient (Wildman–Crippen LogP) is 4.73. The first-order chi connectivity index (χ1) is 23.0. The van der Waals surface area contributed by atoms with Gasteiger partial charge in [0.15, 0.2) is 0 Å². The van der Waals surface area contributed by atoms with Gasteiger partial charge < -0.3 is 29.1 Å². The number of carbonyl (C=O) groups excluding carboxylic acids is 2. The number of hydrogen-bond acceptors (Lipinski definition) is 10. The molecule has 3 aliphatic rings. The first kappa shape index (κ1) is 33.2. The molecule has 3 aliphatic heterocycles. The van der Waals surface area contributed by atoms with Crippen molar-refractivity contribution in [2.75, 3.05) is 56.2 Å². The molecule has 0 aliphatic carbocycles. The number of nitrogens with zero attached hydrogens (tertiary/aromatic N) is 7. The van der Waals surface area contributed by atoms with Crippen molar-refractivity contribution in [1.29, 1.82) is 5.26 Å². The lowest BCUT2D eigenvalue weighted by atomic mass is 9.97. The topological polar surface area (TPSA) is 115 Å². The fraction of sp³-hybridized carbons (Fsp3) is 0.486. The zero-order valence-electron chi connectivity index (χ0n) is 28.4. The van der Waals surface area contributed by atoms with Crippen molar-refractivity contribution < 1.29 is 19.1 Å². The minimum Gasteiger partial charge on any atom is -0.462 e. The Bertz CT molecular complexity index is 1750. The zero-order chi connectivity index (χ0) is 34.0. The molecule has 0 unspecified atom stereocenters. The highest BCUT2D eigenvalue weighted by atomic mass is 16.5. The van der Waals surface area contributed by atoms with Crippen molar-refractivity contribution in [3.63, 3.8) is 0 Å². The van der Waals surface area contributed by atoms with Gasteiger partial charge in [-0.1, -0.05) is 30.8 Å². The van der Waals surface area contributed by atoms with Crippen molar-refractivity contribution in [2.24, 2.45) is 5.41 Å². The Kier molecular flexibility index (Phi) is 9.56. The Morgan fingerprint density at radius 3 is 2.62 bits per heavy atom. The van der Waals surface area contributed by atoms with Crippen LogP contribution in [0, 0.1) is 16.7 Å². The van der Waals surface area contributed by atoms with Crippen LogP contribution in [0.5, 0.6) is 11.8 Å². The van der Waals surface area contributed by atoms with E-state index >= 15 is 0 Å². The quantitative estimate of drug-likeness (QED) is 0.192. The second kappa shape index (κ2) is 13.8. The van der Waals surface area contributed by atoms with Crippen LogP contribution in [0.3, 0.4) is 0 Å². The first-order valence-corrected chi connectivity index (χ1v) is 16.8.